The molecule has 0 spiro atoms. The zero-order chi connectivity index (χ0) is 8.97. The molecule has 0 atom stereocenters. The summed E-state index contributed by atoms with van der Waals surface area (Å²) in [6.45, 7) is 1.79. The average molecular weight is 164 g/mol. The average Bonchev–Trinajstić information content (AvgIpc) is 2.05. The largest absolute Gasteiger partial charge is 0.429 e. The van der Waals surface area contributed by atoms with Crippen molar-refractivity contribution in [2.45, 2.75) is 6.92 Å². The molecule has 0 saturated carbocycles. The van der Waals surface area contributed by atoms with Crippen LogP contribution in [-0.4, -0.2) is 12.3 Å². The number of ether oxygens (including phenoxy) is 1. The molecule has 0 heterocycles. The Morgan fingerprint density at radius 3 is 2.83 bits per heavy atom. The number of benzene rings is 1. The van der Waals surface area contributed by atoms with Gasteiger partial charge < -0.3 is 4.74 Å². The summed E-state index contributed by atoms with van der Waals surface area (Å²) in [4.78, 5) is 20.8. The monoisotopic (exact) mass is 164 g/mol. The molecule has 12 heavy (non-hydrogen) atoms. The molecule has 0 radical (unpaired) electrons. The summed E-state index contributed by atoms with van der Waals surface area (Å²) < 4.78 is 4.56. The van der Waals surface area contributed by atoms with Crippen molar-refractivity contribution in [2.75, 3.05) is 0 Å². The molecule has 0 amide bonds. The van der Waals surface area contributed by atoms with E-state index in [0.717, 1.165) is 0 Å². The highest BCUT2D eigenvalue weighted by Gasteiger charge is 1.99. The molecule has 3 heteroatoms. The summed E-state index contributed by atoms with van der Waals surface area (Å²) in [5.74, 6) is 0.337. The van der Waals surface area contributed by atoms with E-state index in [9.17, 15) is 9.59 Å². The van der Waals surface area contributed by atoms with Crippen molar-refractivity contribution < 1.29 is 14.3 Å². The summed E-state index contributed by atoms with van der Waals surface area (Å²) in [5.41, 5.74) is 0.536. The summed E-state index contributed by atoms with van der Waals surface area (Å²) in [7, 11) is 0. The Morgan fingerprint density at radius 2 is 2.25 bits per heavy atom. The van der Waals surface area contributed by atoms with Crippen LogP contribution in [0.3, 0.4) is 0 Å². The Morgan fingerprint density at radius 1 is 1.50 bits per heavy atom. The second-order valence-corrected chi connectivity index (χ2v) is 2.30. The second kappa shape index (κ2) is 3.67. The summed E-state index contributed by atoms with van der Waals surface area (Å²) in [5, 5.41) is 0. The molecule has 0 fully saturated rings. The van der Waals surface area contributed by atoms with Gasteiger partial charge in [-0.3, -0.25) is 9.59 Å². The molecule has 62 valence electrons. The number of hydrogen-bond donors (Lipinski definition) is 0. The topological polar surface area (TPSA) is 43.4 Å². The van der Waals surface area contributed by atoms with E-state index in [1.807, 2.05) is 0 Å². The van der Waals surface area contributed by atoms with Gasteiger partial charge in [0.2, 0.25) is 0 Å². The van der Waals surface area contributed by atoms with Crippen molar-refractivity contribution in [1.29, 1.82) is 0 Å². The Bertz CT molecular complexity index is 304. The van der Waals surface area contributed by atoms with Gasteiger partial charge in [-0.15, -0.1) is 0 Å². The number of carbonyl (C=O) groups is 2. The first-order chi connectivity index (χ1) is 5.74. The van der Waals surface area contributed by atoms with Crippen LogP contribution in [0.4, 0.5) is 0 Å². The van der Waals surface area contributed by atoms with Crippen LogP contribution >= 0.6 is 0 Å². The Balaban J connectivity index is 2.95. The fraction of sp³-hybridized carbons (Fsp3) is 0.111. The molecule has 0 aliphatic carbocycles. The Kier molecular flexibility index (Phi) is 2.58. The van der Waals surface area contributed by atoms with E-state index in [4.69, 9.17) is 0 Å². The van der Waals surface area contributed by atoms with E-state index >= 15 is 0 Å². The minimum absolute atomic E-state index is 0.0497. The van der Waals surface area contributed by atoms with E-state index in [2.05, 4.69) is 4.74 Å². The molecule has 0 bridgehead atoms. The third-order valence-corrected chi connectivity index (χ3v) is 1.42. The summed E-state index contributed by atoms with van der Waals surface area (Å²) in [6, 6.07) is 6.47. The number of hydrogen-bond acceptors (Lipinski definition) is 3. The number of carbonyl (C=O) groups excluding carboxylic acids is 2. The van der Waals surface area contributed by atoms with Crippen LogP contribution in [0.5, 0.6) is 5.75 Å². The van der Waals surface area contributed by atoms with Crippen LogP contribution < -0.4 is 4.74 Å². The van der Waals surface area contributed by atoms with Crippen LogP contribution in [0.15, 0.2) is 24.3 Å². The van der Waals surface area contributed by atoms with Gasteiger partial charge in [-0.1, -0.05) is 12.1 Å². The van der Waals surface area contributed by atoms with Crippen molar-refractivity contribution in [1.82, 2.24) is 0 Å². The van der Waals surface area contributed by atoms with Gasteiger partial charge in [0.25, 0.3) is 6.47 Å². The minimum Gasteiger partial charge on any atom is -0.429 e. The van der Waals surface area contributed by atoms with Gasteiger partial charge in [-0.2, -0.15) is 0 Å². The van der Waals surface area contributed by atoms with Gasteiger partial charge in [0.1, 0.15) is 5.75 Å². The smallest absolute Gasteiger partial charge is 0.298 e. The minimum atomic E-state index is -0.0497. The van der Waals surface area contributed by atoms with Crippen molar-refractivity contribution in [2.24, 2.45) is 0 Å². The van der Waals surface area contributed by atoms with E-state index in [1.165, 1.54) is 13.0 Å². The van der Waals surface area contributed by atoms with Gasteiger partial charge in [0, 0.05) is 5.56 Å². The lowest BCUT2D eigenvalue weighted by molar-refractivity contribution is -0.120. The third kappa shape index (κ3) is 1.92. The molecule has 0 saturated heterocycles. The lowest BCUT2D eigenvalue weighted by Gasteiger charge is -1.98. The second-order valence-electron chi connectivity index (χ2n) is 2.30. The molecule has 1 rings (SSSR count). The zero-order valence-corrected chi connectivity index (χ0v) is 6.61. The molecule has 3 nitrogen and oxygen atoms in total. The van der Waals surface area contributed by atoms with Crippen LogP contribution in [0.2, 0.25) is 0 Å². The van der Waals surface area contributed by atoms with Crippen LogP contribution in [0.25, 0.3) is 0 Å². The standard InChI is InChI=1S/C9H8O3/c1-7(11)8-3-2-4-9(5-8)12-6-10/h2-6H,1H3. The fourth-order valence-electron chi connectivity index (χ4n) is 0.844. The van der Waals surface area contributed by atoms with E-state index in [0.29, 0.717) is 17.8 Å². The summed E-state index contributed by atoms with van der Waals surface area (Å²) in [6.07, 6.45) is 0. The van der Waals surface area contributed by atoms with Gasteiger partial charge in [-0.05, 0) is 19.1 Å². The highest BCUT2D eigenvalue weighted by atomic mass is 16.5. The zero-order valence-electron chi connectivity index (χ0n) is 6.61. The van der Waals surface area contributed by atoms with Crippen LogP contribution in [0, 0.1) is 0 Å². The maximum absolute atomic E-state index is 10.9. The summed E-state index contributed by atoms with van der Waals surface area (Å²) >= 11 is 0. The van der Waals surface area contributed by atoms with Crippen LogP contribution in [0.1, 0.15) is 17.3 Å². The van der Waals surface area contributed by atoms with E-state index in [-0.39, 0.29) is 5.78 Å². The lowest BCUT2D eigenvalue weighted by atomic mass is 10.1. The predicted molar refractivity (Wildman–Crippen MR) is 43.1 cm³/mol. The molecule has 1 aromatic carbocycles. The number of rotatable bonds is 3. The first-order valence-electron chi connectivity index (χ1n) is 3.45. The molecule has 0 aliphatic rings. The van der Waals surface area contributed by atoms with Crippen molar-refractivity contribution in [3.63, 3.8) is 0 Å². The van der Waals surface area contributed by atoms with E-state index < -0.39 is 0 Å². The normalized spacial score (nSPS) is 9.08. The molecule has 0 aliphatic heterocycles. The number of ketones is 1. The van der Waals surface area contributed by atoms with Gasteiger partial charge in [0.05, 0.1) is 0 Å². The molecule has 0 unspecified atom stereocenters. The first kappa shape index (κ1) is 8.46. The lowest BCUT2D eigenvalue weighted by Crippen LogP contribution is -1.94. The molecule has 0 aromatic heterocycles. The quantitative estimate of drug-likeness (QED) is 0.501. The molecule has 0 N–H and O–H groups in total. The fourth-order valence-corrected chi connectivity index (χ4v) is 0.844. The maximum Gasteiger partial charge on any atom is 0.298 e. The van der Waals surface area contributed by atoms with Crippen molar-refractivity contribution >= 4 is 12.3 Å². The van der Waals surface area contributed by atoms with Crippen LogP contribution in [-0.2, 0) is 4.79 Å². The molecule has 1 aromatic rings. The molecular weight excluding hydrogens is 156 g/mol. The highest BCUT2D eigenvalue weighted by molar-refractivity contribution is 5.94. The van der Waals surface area contributed by atoms with Gasteiger partial charge in [-0.25, -0.2) is 0 Å². The van der Waals surface area contributed by atoms with E-state index in [1.54, 1.807) is 18.2 Å². The Labute approximate surface area is 70.0 Å². The molecular formula is C9H8O3. The number of Topliss-reactive ketones (excluding diaryl/α,β-unsaturated/α-hetero) is 1. The maximum atomic E-state index is 10.9. The third-order valence-electron chi connectivity index (χ3n) is 1.42. The Hall–Kier alpha value is -1.64. The van der Waals surface area contributed by atoms with Gasteiger partial charge in [0.15, 0.2) is 5.78 Å². The first-order valence-corrected chi connectivity index (χ1v) is 3.45. The van der Waals surface area contributed by atoms with Crippen molar-refractivity contribution in [3.05, 3.63) is 29.8 Å². The van der Waals surface area contributed by atoms with Crippen molar-refractivity contribution in [3.8, 4) is 5.75 Å². The predicted octanol–water partition coefficient (Wildman–Crippen LogP) is 1.42. The SMILES string of the molecule is CC(=O)c1cccc(OC=O)c1. The highest BCUT2D eigenvalue weighted by Crippen LogP contribution is 2.12. The van der Waals surface area contributed by atoms with Gasteiger partial charge >= 0.3 is 0 Å².